The molecule has 16 rings (SSSR count). The van der Waals surface area contributed by atoms with Crippen LogP contribution in [-0.4, -0.2) is 165 Å². The molecule has 0 saturated carbocycles. The maximum Gasteiger partial charge on any atom is 0.268 e. The van der Waals surface area contributed by atoms with Gasteiger partial charge in [0.15, 0.2) is 0 Å². The molecule has 8 N–H and O–H groups in total. The van der Waals surface area contributed by atoms with Gasteiger partial charge in [0.2, 0.25) is 17.7 Å². The first-order valence-electron chi connectivity index (χ1n) is 53.5. The number of unbranched alkanes of at least 4 members (excludes halogenated alkanes) is 12. The molecular weight excluding hydrogens is 1930 g/mol. The molecule has 7 heterocycles. The van der Waals surface area contributed by atoms with Crippen molar-refractivity contribution in [2.75, 3.05) is 60.3 Å². The highest BCUT2D eigenvalue weighted by Gasteiger charge is 2.46. The topological polar surface area (TPSA) is 380 Å². The zero-order chi connectivity index (χ0) is 107. The summed E-state index contributed by atoms with van der Waals surface area (Å²) in [6, 6.07) is 62.3. The lowest BCUT2D eigenvalue weighted by molar-refractivity contribution is -0.136. The number of rotatable bonds is 50. The van der Waals surface area contributed by atoms with Crippen molar-refractivity contribution in [3.05, 3.63) is 269 Å². The van der Waals surface area contributed by atoms with Crippen molar-refractivity contribution in [3.8, 4) is 0 Å². The molecule has 794 valence electrons. The van der Waals surface area contributed by atoms with Gasteiger partial charge in [-0.05, 0) is 174 Å². The third-order valence-electron chi connectivity index (χ3n) is 28.2. The number of aromatic amines is 4. The van der Waals surface area contributed by atoms with E-state index in [1.807, 2.05) is 213 Å². The number of aryl methyl sites for hydroxylation is 3. The first-order valence-corrected chi connectivity index (χ1v) is 56.4. The van der Waals surface area contributed by atoms with Gasteiger partial charge in [0.1, 0.15) is 46.7 Å². The standard InChI is InChI=1S/C29H35N3O4S.C29H29N3O3.C24H30N2O4S.C21H30N2O2.C18H24N2O2/c1-4-22(33)13-6-5-9-19-30-29(34)27-20-21-12-7-8-16-25(21)32(27)37(35,36)28-18-11-14-23-24(28)15-10-17-26(23)31(2)3;1-2-19(33)11-5-3-4-10-16-32-28(34)26(22-17-30-24-14-8-6-12-20(22)24)27(29(32)35)23-18-31-25-15-9-7-13-21(23)25;1-3-20(27)10-5-4-8-16-25-24(28)23-17-19-9-6-7-11-22(19)26(23)31(29,30)21-14-12-18(2)13-15-21;1-3-17(24)10-6-4-5-7-13-21(25)22-15-14-18-16(2)23-20-12-9-8-11-19(18)20;1-3-14(21)9-5-4-8-12-19-18(22)17-13(2)15-10-6-7-11-16(15)20-17/h7-8,10-12,14-18,27H,4-6,9,13,19-20H2,1-3H3,(H,30,34);6-9,12-15,17-18,30-31H,2-5,10-11,16H2,1H3;6-7,9,11-15,23H,3-5,8,10,16-17H2,1-2H3,(H,25,28);8-9,11-12,23H,3-7,10,13-15H2,1-2H3,(H,22,25);6-7,10-11,20H,3-5,8-9,12H2,1-2H3,(H,19,22). The number of nitrogens with one attached hydrogen (secondary N) is 8. The van der Waals surface area contributed by atoms with E-state index in [9.17, 15) is 69.6 Å². The van der Waals surface area contributed by atoms with E-state index in [1.54, 1.807) is 60.7 Å². The summed E-state index contributed by atoms with van der Waals surface area (Å²) < 4.78 is 57.9. The Morgan fingerprint density at radius 1 is 0.373 bits per heavy atom. The predicted octanol–water partition coefficient (Wildman–Crippen LogP) is 22.5. The molecule has 6 amide bonds. The average molecular weight is 2070 g/mol. The Bertz CT molecular complexity index is 7070. The number of fused-ring (bicyclic) bond motifs is 7. The first-order chi connectivity index (χ1) is 72.4. The number of nitrogens with zero attached hydrogens (tertiary/aromatic N) is 4. The molecule has 0 fully saturated rings. The number of hydrogen-bond donors (Lipinski definition) is 8. The van der Waals surface area contributed by atoms with Crippen molar-refractivity contribution in [3.63, 3.8) is 0 Å². The second-order valence-electron chi connectivity index (χ2n) is 39.0. The smallest absolute Gasteiger partial charge is 0.268 e. The Kier molecular flexibility index (Phi) is 43.1. The molecule has 0 radical (unpaired) electrons. The molecule has 0 spiro atoms. The first kappa shape index (κ1) is 115. The van der Waals surface area contributed by atoms with Gasteiger partial charge in [-0.15, -0.1) is 0 Å². The number of amides is 6. The van der Waals surface area contributed by atoms with Crippen molar-refractivity contribution >= 4 is 167 Å². The molecule has 0 aliphatic carbocycles. The van der Waals surface area contributed by atoms with Crippen LogP contribution in [0.1, 0.15) is 270 Å². The van der Waals surface area contributed by atoms with Crippen molar-refractivity contribution in [1.29, 1.82) is 0 Å². The summed E-state index contributed by atoms with van der Waals surface area (Å²) in [4.78, 5) is 151. The number of sulfonamides is 2. The van der Waals surface area contributed by atoms with Crippen LogP contribution in [0.25, 0.3) is 65.5 Å². The number of aromatic nitrogens is 4. The molecule has 4 aromatic heterocycles. The number of para-hydroxylation sites is 6. The molecule has 29 heteroatoms. The van der Waals surface area contributed by atoms with Crippen LogP contribution >= 0.6 is 0 Å². The van der Waals surface area contributed by atoms with E-state index in [2.05, 4.69) is 60.3 Å². The van der Waals surface area contributed by atoms with Crippen LogP contribution < -0.4 is 34.8 Å². The fraction of sp³-hybridized carbons (Fsp3) is 0.397. The highest BCUT2D eigenvalue weighted by Crippen LogP contribution is 2.44. The number of carbonyl (C=O) groups excluding carboxylic acids is 11. The van der Waals surface area contributed by atoms with Crippen LogP contribution in [-0.2, 0) is 87.3 Å². The van der Waals surface area contributed by atoms with E-state index >= 15 is 0 Å². The molecule has 0 saturated heterocycles. The number of H-pyrrole nitrogens is 4. The molecular formula is C121H148N12O15S2. The summed E-state index contributed by atoms with van der Waals surface area (Å²) >= 11 is 0. The number of Topliss-reactive ketones (excluding diaryl/α,β-unsaturated/α-hetero) is 5. The van der Waals surface area contributed by atoms with Gasteiger partial charge in [0.25, 0.3) is 37.8 Å². The van der Waals surface area contributed by atoms with Crippen LogP contribution in [0.2, 0.25) is 0 Å². The Balaban J connectivity index is 0.000000168. The van der Waals surface area contributed by atoms with Gasteiger partial charge in [-0.1, -0.05) is 231 Å². The van der Waals surface area contributed by atoms with Gasteiger partial charge in [0, 0.05) is 220 Å². The van der Waals surface area contributed by atoms with Gasteiger partial charge in [-0.2, -0.15) is 0 Å². The third kappa shape index (κ3) is 29.9. The van der Waals surface area contributed by atoms with E-state index in [4.69, 9.17) is 0 Å². The summed E-state index contributed by atoms with van der Waals surface area (Å²) in [5, 5.41) is 17.4. The van der Waals surface area contributed by atoms with Crippen molar-refractivity contribution in [2.24, 2.45) is 0 Å². The number of anilines is 3. The molecule has 9 aromatic carbocycles. The van der Waals surface area contributed by atoms with Gasteiger partial charge in [-0.25, -0.2) is 16.8 Å². The van der Waals surface area contributed by atoms with Crippen LogP contribution in [0.15, 0.2) is 228 Å². The summed E-state index contributed by atoms with van der Waals surface area (Å²) in [5.41, 5.74) is 15.2. The van der Waals surface area contributed by atoms with Crippen LogP contribution in [0, 0.1) is 20.8 Å². The van der Waals surface area contributed by atoms with Crippen molar-refractivity contribution in [2.45, 2.75) is 276 Å². The SMILES string of the molecule is CCC(=O)CCCCCCC(=O)NCCc1c(C)[nH]c2ccccc12.CCC(=O)CCCCCCN1C(=O)C(c2c[nH]c3ccccc23)=C(c2c[nH]c3ccccc23)C1=O.CCC(=O)CCCCCNC(=O)C1Cc2ccccc2N1S(=O)(=O)c1ccc(C)cc1.CCC(=O)CCCCCNC(=O)C1Cc2ccccc2N1S(=O)(=O)c1cccc2c(N(C)C)cccc12.CCC(=O)CCCCCNC(=O)c1[nH]c2ccccc2c1C. The average Bonchev–Trinajstić information content (AvgIpc) is 1.58. The third-order valence-corrected chi connectivity index (χ3v) is 31.9. The van der Waals surface area contributed by atoms with Crippen LogP contribution in [0.3, 0.4) is 0 Å². The number of hydrogen-bond acceptors (Lipinski definition) is 16. The second-order valence-corrected chi connectivity index (χ2v) is 42.6. The molecule has 13 aromatic rings. The summed E-state index contributed by atoms with van der Waals surface area (Å²) in [6.45, 7) is 18.0. The zero-order valence-electron chi connectivity index (χ0n) is 88.6. The lowest BCUT2D eigenvalue weighted by Crippen LogP contribution is -2.48. The number of benzene rings is 9. The van der Waals surface area contributed by atoms with Gasteiger partial charge < -0.3 is 46.1 Å². The minimum Gasteiger partial charge on any atom is -0.377 e. The highest BCUT2D eigenvalue weighted by atomic mass is 32.2. The molecule has 3 aliphatic rings. The molecule has 27 nitrogen and oxygen atoms in total. The summed E-state index contributed by atoms with van der Waals surface area (Å²) in [7, 11) is -4.08. The monoisotopic (exact) mass is 2070 g/mol. The molecule has 0 bridgehead atoms. The summed E-state index contributed by atoms with van der Waals surface area (Å²) in [5.74, 6) is 0.413. The largest absolute Gasteiger partial charge is 0.377 e. The Hall–Kier alpha value is -14.2. The van der Waals surface area contributed by atoms with E-state index in [0.29, 0.717) is 161 Å². The van der Waals surface area contributed by atoms with E-state index in [0.717, 1.165) is 198 Å². The van der Waals surface area contributed by atoms with Gasteiger partial charge in [-0.3, -0.25) is 66.3 Å². The Morgan fingerprint density at radius 3 is 1.24 bits per heavy atom. The number of carbonyl (C=O) groups is 11. The lowest BCUT2D eigenvalue weighted by Gasteiger charge is -2.27. The van der Waals surface area contributed by atoms with Gasteiger partial charge >= 0.3 is 0 Å². The van der Waals surface area contributed by atoms with Crippen molar-refractivity contribution < 1.29 is 69.6 Å². The minimum atomic E-state index is -4.05. The summed E-state index contributed by atoms with van der Waals surface area (Å²) in [6.07, 6.45) is 26.6. The maximum absolute atomic E-state index is 14.2. The van der Waals surface area contributed by atoms with E-state index < -0.39 is 32.1 Å². The second kappa shape index (κ2) is 56.4. The lowest BCUT2D eigenvalue weighted by atomic mass is 9.95. The van der Waals surface area contributed by atoms with Crippen molar-refractivity contribution in [1.82, 2.24) is 46.1 Å². The number of ketones is 5. The van der Waals surface area contributed by atoms with E-state index in [-0.39, 0.29) is 62.6 Å². The Morgan fingerprint density at radius 2 is 0.767 bits per heavy atom. The fourth-order valence-corrected chi connectivity index (χ4v) is 23.1. The highest BCUT2D eigenvalue weighted by molar-refractivity contribution is 7.93. The molecule has 150 heavy (non-hydrogen) atoms. The van der Waals surface area contributed by atoms with Crippen LogP contribution in [0.5, 0.6) is 0 Å². The van der Waals surface area contributed by atoms with E-state index in [1.165, 1.54) is 30.2 Å². The maximum atomic E-state index is 14.2. The minimum absolute atomic E-state index is 0.0571. The quantitative estimate of drug-likeness (QED) is 0.0130. The molecule has 3 aliphatic heterocycles. The van der Waals surface area contributed by atoms with Gasteiger partial charge in [0.05, 0.1) is 32.3 Å². The molecule has 2 atom stereocenters. The fourth-order valence-electron chi connectivity index (χ4n) is 19.5. The number of imide groups is 1. The predicted molar refractivity (Wildman–Crippen MR) is 601 cm³/mol. The zero-order valence-corrected chi connectivity index (χ0v) is 90.3. The van der Waals surface area contributed by atoms with Crippen LogP contribution in [0.4, 0.5) is 17.1 Å². The normalized spacial score (nSPS) is 13.6. The molecule has 2 unspecified atom stereocenters. The Labute approximate surface area is 882 Å².